The molecule has 3 fully saturated rings. The highest BCUT2D eigenvalue weighted by atomic mass is 16.5. The minimum absolute atomic E-state index is 0.0324. The first-order valence-electron chi connectivity index (χ1n) is 17.8. The van der Waals surface area contributed by atoms with Crippen LogP contribution in [-0.4, -0.2) is 23.1 Å². The average Bonchev–Trinajstić information content (AvgIpc) is 3.39. The molecule has 4 aliphatic rings. The van der Waals surface area contributed by atoms with Gasteiger partial charge in [-0.05, 0) is 116 Å². The molecule has 8 atom stereocenters. The fourth-order valence-corrected chi connectivity index (χ4v) is 10.1. The Morgan fingerprint density at radius 1 is 0.844 bits per heavy atom. The second-order valence-corrected chi connectivity index (χ2v) is 15.6. The Bertz CT molecular complexity index is 1320. The zero-order chi connectivity index (χ0) is 32.2. The van der Waals surface area contributed by atoms with E-state index >= 15 is 0 Å². The molecule has 4 nitrogen and oxygen atoms in total. The van der Waals surface area contributed by atoms with Gasteiger partial charge in [-0.15, -0.1) is 0 Å². The lowest BCUT2D eigenvalue weighted by Gasteiger charge is -2.58. The summed E-state index contributed by atoms with van der Waals surface area (Å²) < 4.78 is 6.00. The van der Waals surface area contributed by atoms with E-state index in [1.807, 2.05) is 30.3 Å². The molecule has 4 aliphatic carbocycles. The number of fused-ring (bicyclic) bond motifs is 5. The van der Waals surface area contributed by atoms with Crippen molar-refractivity contribution in [2.24, 2.45) is 46.3 Å². The fraction of sp³-hybridized carbons (Fsp3) is 0.610. The van der Waals surface area contributed by atoms with Crippen molar-refractivity contribution in [2.45, 2.75) is 111 Å². The summed E-state index contributed by atoms with van der Waals surface area (Å²) in [6.45, 7) is 12.6. The molecule has 0 heterocycles. The minimum atomic E-state index is -0.879. The molecule has 1 N–H and O–H groups in total. The first kappa shape index (κ1) is 33.5. The van der Waals surface area contributed by atoms with Crippen LogP contribution < -0.4 is 0 Å². The van der Waals surface area contributed by atoms with Crippen LogP contribution in [0.25, 0.3) is 0 Å². The molecule has 244 valence electrons. The van der Waals surface area contributed by atoms with Gasteiger partial charge in [-0.1, -0.05) is 102 Å². The molecule has 0 bridgehead atoms. The predicted octanol–water partition coefficient (Wildman–Crippen LogP) is 10.6. The summed E-state index contributed by atoms with van der Waals surface area (Å²) in [4.78, 5) is 22.9. The van der Waals surface area contributed by atoms with Gasteiger partial charge in [0.2, 0.25) is 0 Å². The van der Waals surface area contributed by atoms with Crippen molar-refractivity contribution in [3.63, 3.8) is 0 Å². The maximum absolute atomic E-state index is 12.7. The van der Waals surface area contributed by atoms with E-state index in [1.54, 1.807) is 35.9 Å². The SMILES string of the molecule is CC(C)CCC[C@@H](C)[C@H]1CC[C@H]2[C@@H]3CC=C4C[C@@H](OC(=O)c5ccccc5)CC[C@]4(C)[C@H]3CC[C@]12C.O=C(O)c1ccccc1. The normalized spacial score (nSPS) is 32.6. The number of benzene rings is 2. The second kappa shape index (κ2) is 14.3. The number of allylic oxidation sites excluding steroid dienone is 1. The van der Waals surface area contributed by atoms with E-state index in [0.717, 1.165) is 48.3 Å². The van der Waals surface area contributed by atoms with Crippen LogP contribution in [0, 0.1) is 46.3 Å². The molecule has 0 aliphatic heterocycles. The molecule has 0 spiro atoms. The molecule has 0 aromatic heterocycles. The van der Waals surface area contributed by atoms with Crippen molar-refractivity contribution in [1.82, 2.24) is 0 Å². The number of esters is 1. The number of hydrogen-bond donors (Lipinski definition) is 1. The summed E-state index contributed by atoms with van der Waals surface area (Å²) in [6.07, 6.45) is 17.0. The fourth-order valence-electron chi connectivity index (χ4n) is 10.1. The third kappa shape index (κ3) is 7.26. The predicted molar refractivity (Wildman–Crippen MR) is 182 cm³/mol. The van der Waals surface area contributed by atoms with Crippen LogP contribution in [0.2, 0.25) is 0 Å². The van der Waals surface area contributed by atoms with Crippen molar-refractivity contribution in [2.75, 3.05) is 0 Å². The minimum Gasteiger partial charge on any atom is -0.478 e. The third-order valence-corrected chi connectivity index (χ3v) is 12.6. The van der Waals surface area contributed by atoms with E-state index in [-0.39, 0.29) is 12.1 Å². The molecule has 4 heteroatoms. The molecule has 2 aromatic carbocycles. The zero-order valence-electron chi connectivity index (χ0n) is 28.3. The molecule has 3 saturated carbocycles. The molecule has 0 radical (unpaired) electrons. The first-order chi connectivity index (χ1) is 21.5. The maximum Gasteiger partial charge on any atom is 0.338 e. The van der Waals surface area contributed by atoms with E-state index in [9.17, 15) is 9.59 Å². The Balaban J connectivity index is 0.000000383. The van der Waals surface area contributed by atoms with E-state index in [4.69, 9.17) is 9.84 Å². The highest BCUT2D eigenvalue weighted by molar-refractivity contribution is 5.89. The molecule has 0 saturated heterocycles. The average molecular weight is 613 g/mol. The molecule has 45 heavy (non-hydrogen) atoms. The second-order valence-electron chi connectivity index (χ2n) is 15.6. The highest BCUT2D eigenvalue weighted by Crippen LogP contribution is 2.67. The van der Waals surface area contributed by atoms with Gasteiger partial charge in [0.25, 0.3) is 0 Å². The van der Waals surface area contributed by atoms with E-state index in [0.29, 0.717) is 22.0 Å². The Morgan fingerprint density at radius 2 is 1.51 bits per heavy atom. The smallest absolute Gasteiger partial charge is 0.338 e. The van der Waals surface area contributed by atoms with E-state index in [1.165, 1.54) is 57.8 Å². The van der Waals surface area contributed by atoms with Crippen LogP contribution in [0.3, 0.4) is 0 Å². The number of hydrogen-bond acceptors (Lipinski definition) is 3. The number of rotatable bonds is 8. The van der Waals surface area contributed by atoms with Gasteiger partial charge in [-0.3, -0.25) is 0 Å². The number of carboxylic acid groups (broad SMARTS) is 1. The van der Waals surface area contributed by atoms with Gasteiger partial charge in [-0.25, -0.2) is 9.59 Å². The van der Waals surface area contributed by atoms with E-state index < -0.39 is 5.97 Å². The summed E-state index contributed by atoms with van der Waals surface area (Å²) >= 11 is 0. The Labute approximate surface area is 272 Å². The topological polar surface area (TPSA) is 63.6 Å². The Morgan fingerprint density at radius 3 is 2.13 bits per heavy atom. The van der Waals surface area contributed by atoms with Crippen molar-refractivity contribution < 1.29 is 19.4 Å². The first-order valence-corrected chi connectivity index (χ1v) is 17.8. The lowest BCUT2D eigenvalue weighted by atomic mass is 9.47. The number of ether oxygens (including phenoxy) is 1. The van der Waals surface area contributed by atoms with Crippen LogP contribution in [0.1, 0.15) is 126 Å². The van der Waals surface area contributed by atoms with Crippen LogP contribution in [0.15, 0.2) is 72.3 Å². The van der Waals surface area contributed by atoms with Crippen LogP contribution >= 0.6 is 0 Å². The lowest BCUT2D eigenvalue weighted by molar-refractivity contribution is -0.0594. The summed E-state index contributed by atoms with van der Waals surface area (Å²) in [5.41, 5.74) is 3.45. The van der Waals surface area contributed by atoms with Crippen molar-refractivity contribution in [1.29, 1.82) is 0 Å². The Kier molecular flexibility index (Phi) is 10.6. The number of carbonyl (C=O) groups excluding carboxylic acids is 1. The van der Waals surface area contributed by atoms with Crippen LogP contribution in [0.4, 0.5) is 0 Å². The van der Waals surface area contributed by atoms with Crippen LogP contribution in [0.5, 0.6) is 0 Å². The molecule has 6 rings (SSSR count). The van der Waals surface area contributed by atoms with E-state index in [2.05, 4.69) is 40.7 Å². The van der Waals surface area contributed by atoms with Crippen molar-refractivity contribution in [3.8, 4) is 0 Å². The number of aromatic carboxylic acids is 1. The maximum atomic E-state index is 12.7. The Hall–Kier alpha value is -2.88. The monoisotopic (exact) mass is 612 g/mol. The quantitative estimate of drug-likeness (QED) is 0.238. The van der Waals surface area contributed by atoms with Gasteiger partial charge in [-0.2, -0.15) is 0 Å². The van der Waals surface area contributed by atoms with Gasteiger partial charge < -0.3 is 9.84 Å². The summed E-state index contributed by atoms with van der Waals surface area (Å²) in [5.74, 6) is 4.15. The molecule has 0 amide bonds. The molecular weight excluding hydrogens is 556 g/mol. The van der Waals surface area contributed by atoms with Crippen molar-refractivity contribution in [3.05, 3.63) is 83.4 Å². The van der Waals surface area contributed by atoms with Crippen LogP contribution in [-0.2, 0) is 4.74 Å². The van der Waals surface area contributed by atoms with Gasteiger partial charge in [0.15, 0.2) is 0 Å². The standard InChI is InChI=1S/C34H50O2.C7H6O2/c1-23(2)10-9-11-24(3)29-16-17-30-28-15-14-26-22-27(36-32(35)25-12-7-6-8-13-25)18-20-33(26,4)31(28)19-21-34(29,30)5;8-7(9)6-4-2-1-3-5-6/h6-8,12-14,23-24,27-31H,9-11,15-22H2,1-5H3;1-5H,(H,8,9)/t24-,27+,28+,29-,30+,31+,33+,34-;/m1./s1. The summed E-state index contributed by atoms with van der Waals surface area (Å²) in [5, 5.41) is 8.38. The van der Waals surface area contributed by atoms with Crippen molar-refractivity contribution >= 4 is 11.9 Å². The van der Waals surface area contributed by atoms with Gasteiger partial charge in [0, 0.05) is 6.42 Å². The number of carbonyl (C=O) groups is 2. The summed E-state index contributed by atoms with van der Waals surface area (Å²) in [6, 6.07) is 17.8. The summed E-state index contributed by atoms with van der Waals surface area (Å²) in [7, 11) is 0. The molecular formula is C41H56O4. The highest BCUT2D eigenvalue weighted by Gasteiger charge is 2.59. The van der Waals surface area contributed by atoms with Gasteiger partial charge in [0.1, 0.15) is 6.10 Å². The molecule has 0 unspecified atom stereocenters. The third-order valence-electron chi connectivity index (χ3n) is 12.6. The zero-order valence-corrected chi connectivity index (χ0v) is 28.3. The van der Waals surface area contributed by atoms with Gasteiger partial charge in [0.05, 0.1) is 11.1 Å². The lowest BCUT2D eigenvalue weighted by Crippen LogP contribution is -2.51. The molecule has 2 aromatic rings. The van der Waals surface area contributed by atoms with Gasteiger partial charge >= 0.3 is 11.9 Å². The number of carboxylic acids is 1. The largest absolute Gasteiger partial charge is 0.478 e.